The third-order valence-electron chi connectivity index (χ3n) is 27.1. The molecule has 0 aliphatic carbocycles. The van der Waals surface area contributed by atoms with Gasteiger partial charge < -0.3 is 37.5 Å². The van der Waals surface area contributed by atoms with E-state index >= 15 is 0 Å². The molecule has 6 heterocycles. The molecule has 26 rings (SSSR count). The molecule has 0 amide bonds. The summed E-state index contributed by atoms with van der Waals surface area (Å²) < 4.78 is 23.8. The van der Waals surface area contributed by atoms with Crippen molar-refractivity contribution >= 4 is 179 Å². The first-order chi connectivity index (χ1) is 65.4. The largest absolute Gasteiger partial charge is 0.453 e. The lowest BCUT2D eigenvalue weighted by Gasteiger charge is -2.37. The minimum Gasteiger partial charge on any atom is -0.453 e. The van der Waals surface area contributed by atoms with Crippen molar-refractivity contribution in [3.8, 4) is 51.8 Å². The van der Waals surface area contributed by atoms with Crippen molar-refractivity contribution in [1.29, 1.82) is 5.26 Å². The summed E-state index contributed by atoms with van der Waals surface area (Å²) in [5.41, 5.74) is 19.7. The molecule has 2 aliphatic rings. The molecule has 0 unspecified atom stereocenters. The molecule has 0 saturated carbocycles. The van der Waals surface area contributed by atoms with Crippen molar-refractivity contribution in [3.05, 3.63) is 497 Å². The second-order valence-electron chi connectivity index (χ2n) is 34.1. The Labute approximate surface area is 765 Å². The van der Waals surface area contributed by atoms with Gasteiger partial charge in [0.15, 0.2) is 39.1 Å². The van der Waals surface area contributed by atoms with Gasteiger partial charge in [-0.2, -0.15) is 5.26 Å². The molecule has 0 spiro atoms. The first-order valence-electron chi connectivity index (χ1n) is 44.9. The molecule has 0 atom stereocenters. The Hall–Kier alpha value is -17.3. The molecule has 11 heteroatoms. The maximum atomic E-state index is 9.87. The summed E-state index contributed by atoms with van der Waals surface area (Å²) in [4.78, 5) is 4.78. The number of hydrogen-bond donors (Lipinski definition) is 0. The highest BCUT2D eigenvalue weighted by atomic mass is 28.3. The van der Waals surface area contributed by atoms with E-state index in [1.165, 1.54) is 73.8 Å². The van der Waals surface area contributed by atoms with Crippen LogP contribution in [-0.2, 0) is 0 Å². The molecule has 0 saturated heterocycles. The van der Waals surface area contributed by atoms with Crippen molar-refractivity contribution in [2.24, 2.45) is 0 Å². The zero-order chi connectivity index (χ0) is 87.4. The van der Waals surface area contributed by atoms with Crippen molar-refractivity contribution < 1.29 is 9.47 Å². The van der Waals surface area contributed by atoms with E-state index in [4.69, 9.17) is 9.47 Å². The van der Waals surface area contributed by atoms with E-state index < -0.39 is 16.1 Å². The maximum Gasteiger partial charge on any atom is 0.179 e. The fourth-order valence-electron chi connectivity index (χ4n) is 21.5. The minimum atomic E-state index is -2.86. The van der Waals surface area contributed by atoms with Gasteiger partial charge in [-0.05, 0) is 175 Å². The molecule has 9 nitrogen and oxygen atoms in total. The molecule has 2 aliphatic heterocycles. The first kappa shape index (κ1) is 77.1. The number of para-hydroxylation sites is 7. The molecule has 20 aromatic carbocycles. The zero-order valence-electron chi connectivity index (χ0n) is 71.7. The SMILES string of the molecule is N#Cc1ccc2c(c1)c1ccccc1n2-c1ccc2c(c1)Oc1cc(-n3c4ccccc4c4ccccc43)ccc1N2c1cccc([Si](c2ccccc2)(c2ccccc2)c2ccccc2)c1.c1ccc([Si](c2ccccc2)(c2ccccc2)c2cccc(N3c4ccc(-n5c6ccccc6c6ccccc65)cc4Oc4cc(-n5c6ccccc6c6ccccc65)ccc43)c2)cc1. The maximum absolute atomic E-state index is 9.87. The van der Waals surface area contributed by atoms with Crippen LogP contribution >= 0.6 is 0 Å². The van der Waals surface area contributed by atoms with Gasteiger partial charge in [-0.3, -0.25) is 0 Å². The zero-order valence-corrected chi connectivity index (χ0v) is 73.7. The number of nitriles is 1. The number of fused-ring (bicyclic) bond motifs is 16. The fraction of sp³-hybridized carbons (Fsp3) is 0. The van der Waals surface area contributed by atoms with Gasteiger partial charge >= 0.3 is 0 Å². The van der Waals surface area contributed by atoms with E-state index in [0.717, 1.165) is 135 Å². The number of anilines is 6. The summed E-state index contributed by atoms with van der Waals surface area (Å²) in [7, 11) is -5.70. The summed E-state index contributed by atoms with van der Waals surface area (Å²) in [5, 5.41) is 29.9. The standard InChI is InChI=1S/C61H40N4OSi.C60H41N3OSi/c62-41-42-31-34-57-53(37-42)52-27-12-15-30-56(52)64(57)45-33-36-59-61(40-45)66-60-39-44(63-54-28-13-10-25-50(54)51-26-11-14-29-55(51)63)32-35-58(60)65(59)43-17-16-24-49(38-43)67(46-18-4-1-5-19-46,47-20-6-2-7-21-47)48-22-8-3-9-23-48;1-4-20-45(21-5-1)65(46-22-6-2-7-23-46,47-24-8-3-9-25-47)48-26-18-19-42(39-48)63-57-37-35-43(61-53-31-14-10-27-49(53)50-28-11-15-32-54(50)61)40-59(57)64-60-41-44(36-38-58(60)63)62-55-33-16-12-29-51(55)52-30-13-17-34-56(52)62/h1-40H;1-41H. The van der Waals surface area contributed by atoms with Crippen molar-refractivity contribution in [2.75, 3.05) is 9.80 Å². The summed E-state index contributed by atoms with van der Waals surface area (Å²) in [6.07, 6.45) is 0. The van der Waals surface area contributed by atoms with Gasteiger partial charge in [-0.25, -0.2) is 0 Å². The molecule has 132 heavy (non-hydrogen) atoms. The summed E-state index contributed by atoms with van der Waals surface area (Å²) in [5.74, 6) is 3.08. The Bertz CT molecular complexity index is 8190. The lowest BCUT2D eigenvalue weighted by molar-refractivity contribution is 0.476. The molecular weight excluding hydrogens is 1640 g/mol. The molecule has 4 aromatic heterocycles. The number of hydrogen-bond acceptors (Lipinski definition) is 5. The van der Waals surface area contributed by atoms with Crippen LogP contribution in [0.15, 0.2) is 491 Å². The molecule has 620 valence electrons. The monoisotopic (exact) mass is 1720 g/mol. The van der Waals surface area contributed by atoms with E-state index in [1.807, 2.05) is 12.1 Å². The van der Waals surface area contributed by atoms with Crippen molar-refractivity contribution in [2.45, 2.75) is 0 Å². The Balaban J connectivity index is 0.000000142. The number of benzene rings is 20. The third kappa shape index (κ3) is 12.3. The first-order valence-corrected chi connectivity index (χ1v) is 48.9. The lowest BCUT2D eigenvalue weighted by Crippen LogP contribution is -2.74. The van der Waals surface area contributed by atoms with Crippen LogP contribution < -0.4 is 60.8 Å². The van der Waals surface area contributed by atoms with Gasteiger partial charge in [0.1, 0.15) is 0 Å². The van der Waals surface area contributed by atoms with Crippen molar-refractivity contribution in [1.82, 2.24) is 18.3 Å². The molecule has 0 bridgehead atoms. The third-order valence-corrected chi connectivity index (χ3v) is 36.6. The van der Waals surface area contributed by atoms with Crippen LogP contribution in [0.2, 0.25) is 0 Å². The average molecular weight is 1720 g/mol. The number of aromatic nitrogens is 4. The predicted molar refractivity (Wildman–Crippen MR) is 552 cm³/mol. The Morgan fingerprint density at radius 1 is 0.174 bits per heavy atom. The van der Waals surface area contributed by atoms with E-state index in [-0.39, 0.29) is 0 Å². The molecular formula is C121H81N7O2Si2. The van der Waals surface area contributed by atoms with E-state index in [0.29, 0.717) is 5.56 Å². The summed E-state index contributed by atoms with van der Waals surface area (Å²) in [6.45, 7) is 0. The smallest absolute Gasteiger partial charge is 0.179 e. The Morgan fingerprint density at radius 2 is 0.394 bits per heavy atom. The Morgan fingerprint density at radius 3 is 0.644 bits per heavy atom. The molecule has 0 fully saturated rings. The van der Waals surface area contributed by atoms with Gasteiger partial charge in [0, 0.05) is 78.7 Å². The van der Waals surface area contributed by atoms with Gasteiger partial charge in [0.2, 0.25) is 0 Å². The summed E-state index contributed by atoms with van der Waals surface area (Å²) in [6, 6.07) is 180. The van der Waals surface area contributed by atoms with Gasteiger partial charge in [0.25, 0.3) is 0 Å². The fourth-order valence-corrected chi connectivity index (χ4v) is 31.1. The van der Waals surface area contributed by atoms with E-state index in [1.54, 1.807) is 0 Å². The topological polar surface area (TPSA) is 68.5 Å². The predicted octanol–water partition coefficient (Wildman–Crippen LogP) is 25.5. The van der Waals surface area contributed by atoms with Crippen LogP contribution in [0, 0.1) is 11.3 Å². The van der Waals surface area contributed by atoms with E-state index in [9.17, 15) is 5.26 Å². The highest BCUT2D eigenvalue weighted by molar-refractivity contribution is 7.20. The van der Waals surface area contributed by atoms with Crippen LogP contribution in [0.1, 0.15) is 5.56 Å². The van der Waals surface area contributed by atoms with Crippen LogP contribution in [0.4, 0.5) is 34.1 Å². The van der Waals surface area contributed by atoms with Gasteiger partial charge in [0.05, 0.1) is 101 Å². The normalized spacial score (nSPS) is 12.3. The second kappa shape index (κ2) is 31.6. The highest BCUT2D eigenvalue weighted by Gasteiger charge is 2.44. The Kier molecular flexibility index (Phi) is 18.5. The summed E-state index contributed by atoms with van der Waals surface area (Å²) >= 11 is 0. The second-order valence-corrected chi connectivity index (χ2v) is 41.7. The quantitative estimate of drug-likeness (QED) is 0.0802. The van der Waals surface area contributed by atoms with Gasteiger partial charge in [-0.15, -0.1) is 0 Å². The van der Waals surface area contributed by atoms with Crippen LogP contribution in [0.5, 0.6) is 23.0 Å². The number of rotatable bonds is 14. The molecule has 24 aromatic rings. The van der Waals surface area contributed by atoms with Crippen LogP contribution in [0.25, 0.3) is 110 Å². The highest BCUT2D eigenvalue weighted by Crippen LogP contribution is 2.55. The van der Waals surface area contributed by atoms with Crippen molar-refractivity contribution in [3.63, 3.8) is 0 Å². The van der Waals surface area contributed by atoms with Crippen LogP contribution in [0.3, 0.4) is 0 Å². The van der Waals surface area contributed by atoms with Crippen LogP contribution in [-0.4, -0.2) is 34.4 Å². The van der Waals surface area contributed by atoms with Gasteiger partial charge in [-0.1, -0.05) is 334 Å². The average Bonchev–Trinajstić information content (AvgIpc) is 0.880. The molecule has 0 N–H and O–H groups in total. The van der Waals surface area contributed by atoms with E-state index in [2.05, 4.69) is 513 Å². The number of ether oxygens (including phenoxy) is 2. The lowest BCUT2D eigenvalue weighted by atomic mass is 10.1. The number of nitrogens with zero attached hydrogens (tertiary/aromatic N) is 7. The minimum absolute atomic E-state index is 0.636. The molecule has 0 radical (unpaired) electrons.